The number of carbonyl (C=O) groups excluding carboxylic acids is 1. The van der Waals surface area contributed by atoms with Crippen molar-refractivity contribution in [3.63, 3.8) is 0 Å². The molecule has 6 heteroatoms. The lowest BCUT2D eigenvalue weighted by atomic mass is 10.1. The predicted octanol–water partition coefficient (Wildman–Crippen LogP) is -0.405. The molecule has 1 aliphatic carbocycles. The van der Waals surface area contributed by atoms with E-state index in [9.17, 15) is 9.59 Å². The van der Waals surface area contributed by atoms with Crippen molar-refractivity contribution in [2.75, 3.05) is 6.61 Å². The highest BCUT2D eigenvalue weighted by molar-refractivity contribution is 5.76. The van der Waals surface area contributed by atoms with Crippen LogP contribution in [-0.4, -0.2) is 28.3 Å². The summed E-state index contributed by atoms with van der Waals surface area (Å²) < 4.78 is 6.50. The lowest BCUT2D eigenvalue weighted by Crippen LogP contribution is -2.35. The molecule has 0 spiro atoms. The summed E-state index contributed by atoms with van der Waals surface area (Å²) in [6.07, 6.45) is 2.77. The average molecular weight is 249 g/mol. The van der Waals surface area contributed by atoms with Crippen molar-refractivity contribution in [3.05, 3.63) is 27.7 Å². The summed E-state index contributed by atoms with van der Waals surface area (Å²) in [5, 5.41) is 7.09. The Morgan fingerprint density at radius 3 is 3.17 bits per heavy atom. The van der Waals surface area contributed by atoms with Crippen LogP contribution in [0.25, 0.3) is 0 Å². The number of aromatic nitrogens is 2. The van der Waals surface area contributed by atoms with Gasteiger partial charge >= 0.3 is 0 Å². The van der Waals surface area contributed by atoms with Gasteiger partial charge in [0.15, 0.2) is 0 Å². The highest BCUT2D eigenvalue weighted by Crippen LogP contribution is 2.18. The number of amides is 1. The molecule has 1 fully saturated rings. The van der Waals surface area contributed by atoms with Crippen LogP contribution in [-0.2, 0) is 29.1 Å². The van der Waals surface area contributed by atoms with E-state index in [4.69, 9.17) is 4.74 Å². The summed E-state index contributed by atoms with van der Waals surface area (Å²) >= 11 is 0. The van der Waals surface area contributed by atoms with E-state index in [0.717, 1.165) is 24.1 Å². The third-order valence-electron chi connectivity index (χ3n) is 3.14. The van der Waals surface area contributed by atoms with Gasteiger partial charge in [-0.1, -0.05) is 0 Å². The van der Waals surface area contributed by atoms with Gasteiger partial charge in [-0.3, -0.25) is 9.59 Å². The van der Waals surface area contributed by atoms with Crippen LogP contribution in [0, 0.1) is 0 Å². The van der Waals surface area contributed by atoms with Crippen LogP contribution >= 0.6 is 0 Å². The van der Waals surface area contributed by atoms with Gasteiger partial charge in [0.1, 0.15) is 6.54 Å². The second-order valence-corrected chi connectivity index (χ2v) is 4.76. The first-order valence-electron chi connectivity index (χ1n) is 6.19. The molecule has 2 aliphatic rings. The summed E-state index contributed by atoms with van der Waals surface area (Å²) in [4.78, 5) is 23.4. The fraction of sp³-hybridized carbons (Fsp3) is 0.583. The first-order chi connectivity index (χ1) is 8.72. The monoisotopic (exact) mass is 249 g/mol. The van der Waals surface area contributed by atoms with Crippen LogP contribution in [0.15, 0.2) is 10.9 Å². The zero-order chi connectivity index (χ0) is 12.5. The SMILES string of the molecule is O=C(Cn1nc2c(cc1=O)COCC2)NC1CC1. The highest BCUT2D eigenvalue weighted by atomic mass is 16.5. The quantitative estimate of drug-likeness (QED) is 0.790. The third-order valence-corrected chi connectivity index (χ3v) is 3.14. The molecular formula is C12H15N3O3. The third kappa shape index (κ3) is 2.43. The number of rotatable bonds is 3. The van der Waals surface area contributed by atoms with Gasteiger partial charge in [-0.05, 0) is 12.8 Å². The number of fused-ring (bicyclic) bond motifs is 1. The summed E-state index contributed by atoms with van der Waals surface area (Å²) in [7, 11) is 0. The van der Waals surface area contributed by atoms with Crippen molar-refractivity contribution >= 4 is 5.91 Å². The molecule has 1 amide bonds. The molecule has 1 aliphatic heterocycles. The number of nitrogens with zero attached hydrogens (tertiary/aromatic N) is 2. The Hall–Kier alpha value is -1.69. The van der Waals surface area contributed by atoms with Crippen LogP contribution in [0.4, 0.5) is 0 Å². The Balaban J connectivity index is 1.78. The normalized spacial score (nSPS) is 18.2. The minimum Gasteiger partial charge on any atom is -0.376 e. The van der Waals surface area contributed by atoms with E-state index in [0.29, 0.717) is 25.7 Å². The first-order valence-corrected chi connectivity index (χ1v) is 6.19. The molecule has 1 aromatic rings. The molecule has 6 nitrogen and oxygen atoms in total. The number of ether oxygens (including phenoxy) is 1. The molecule has 1 saturated carbocycles. The van der Waals surface area contributed by atoms with Gasteiger partial charge in [0.2, 0.25) is 5.91 Å². The van der Waals surface area contributed by atoms with Crippen LogP contribution < -0.4 is 10.9 Å². The van der Waals surface area contributed by atoms with Gasteiger partial charge in [0.05, 0.1) is 18.9 Å². The highest BCUT2D eigenvalue weighted by Gasteiger charge is 2.23. The second kappa shape index (κ2) is 4.53. The molecule has 18 heavy (non-hydrogen) atoms. The summed E-state index contributed by atoms with van der Waals surface area (Å²) in [6, 6.07) is 1.82. The van der Waals surface area contributed by atoms with Crippen molar-refractivity contribution in [1.82, 2.24) is 15.1 Å². The van der Waals surface area contributed by atoms with Gasteiger partial charge < -0.3 is 10.1 Å². The fourth-order valence-electron chi connectivity index (χ4n) is 2.00. The smallest absolute Gasteiger partial charge is 0.267 e. The molecule has 96 valence electrons. The standard InChI is InChI=1S/C12H15N3O3/c16-11(13-9-1-2-9)6-15-12(17)5-8-7-18-4-3-10(8)14-15/h5,9H,1-4,6-7H2,(H,13,16). The molecule has 0 bridgehead atoms. The second-order valence-electron chi connectivity index (χ2n) is 4.76. The predicted molar refractivity (Wildman–Crippen MR) is 63.0 cm³/mol. The summed E-state index contributed by atoms with van der Waals surface area (Å²) in [5.74, 6) is -0.140. The molecule has 0 atom stereocenters. The largest absolute Gasteiger partial charge is 0.376 e. The van der Waals surface area contributed by atoms with Gasteiger partial charge in [0.25, 0.3) is 5.56 Å². The zero-order valence-electron chi connectivity index (χ0n) is 10.0. The number of hydrogen-bond acceptors (Lipinski definition) is 4. The Bertz CT molecular complexity index is 534. The van der Waals surface area contributed by atoms with Gasteiger partial charge in [-0.25, -0.2) is 4.68 Å². The molecule has 0 radical (unpaired) electrons. The Morgan fingerprint density at radius 1 is 1.56 bits per heavy atom. The average Bonchev–Trinajstić information content (AvgIpc) is 3.14. The molecular weight excluding hydrogens is 234 g/mol. The molecule has 0 aromatic carbocycles. The van der Waals surface area contributed by atoms with E-state index < -0.39 is 0 Å². The van der Waals surface area contributed by atoms with Crippen molar-refractivity contribution in [2.24, 2.45) is 0 Å². The van der Waals surface area contributed by atoms with Crippen LogP contribution in [0.3, 0.4) is 0 Å². The van der Waals surface area contributed by atoms with Crippen molar-refractivity contribution in [2.45, 2.75) is 38.5 Å². The maximum atomic E-state index is 11.8. The van der Waals surface area contributed by atoms with Crippen molar-refractivity contribution in [1.29, 1.82) is 0 Å². The fourth-order valence-corrected chi connectivity index (χ4v) is 2.00. The Kier molecular flexibility index (Phi) is 2.87. The Labute approximate surface area is 104 Å². The first kappa shape index (κ1) is 11.4. The number of nitrogens with one attached hydrogen (secondary N) is 1. The maximum Gasteiger partial charge on any atom is 0.267 e. The lowest BCUT2D eigenvalue weighted by Gasteiger charge is -2.16. The summed E-state index contributed by atoms with van der Waals surface area (Å²) in [6.45, 7) is 1.06. The van der Waals surface area contributed by atoms with E-state index in [2.05, 4.69) is 10.4 Å². The van der Waals surface area contributed by atoms with Crippen LogP contribution in [0.1, 0.15) is 24.1 Å². The number of hydrogen-bond donors (Lipinski definition) is 1. The molecule has 1 aromatic heterocycles. The molecule has 3 rings (SSSR count). The maximum absolute atomic E-state index is 11.8. The van der Waals surface area contributed by atoms with Crippen LogP contribution in [0.5, 0.6) is 0 Å². The number of carbonyl (C=O) groups is 1. The molecule has 0 unspecified atom stereocenters. The van der Waals surface area contributed by atoms with Gasteiger partial charge in [0, 0.05) is 24.1 Å². The Morgan fingerprint density at radius 2 is 2.39 bits per heavy atom. The zero-order valence-corrected chi connectivity index (χ0v) is 10.0. The minimum absolute atomic E-state index is 0.00344. The van der Waals surface area contributed by atoms with E-state index >= 15 is 0 Å². The molecule has 2 heterocycles. The van der Waals surface area contributed by atoms with Crippen molar-refractivity contribution in [3.8, 4) is 0 Å². The topological polar surface area (TPSA) is 73.2 Å². The van der Waals surface area contributed by atoms with E-state index in [-0.39, 0.29) is 18.0 Å². The minimum atomic E-state index is -0.245. The van der Waals surface area contributed by atoms with Crippen LogP contribution in [0.2, 0.25) is 0 Å². The van der Waals surface area contributed by atoms with Gasteiger partial charge in [-0.2, -0.15) is 5.10 Å². The van der Waals surface area contributed by atoms with E-state index in [1.165, 1.54) is 10.7 Å². The van der Waals surface area contributed by atoms with E-state index in [1.54, 1.807) is 0 Å². The summed E-state index contributed by atoms with van der Waals surface area (Å²) in [5.41, 5.74) is 1.45. The molecule has 1 N–H and O–H groups in total. The van der Waals surface area contributed by atoms with Gasteiger partial charge in [-0.15, -0.1) is 0 Å². The van der Waals surface area contributed by atoms with Crippen molar-refractivity contribution < 1.29 is 9.53 Å². The molecule has 0 saturated heterocycles. The lowest BCUT2D eigenvalue weighted by molar-refractivity contribution is -0.122. The van der Waals surface area contributed by atoms with E-state index in [1.807, 2.05) is 0 Å².